The second kappa shape index (κ2) is 4.82. The van der Waals surface area contributed by atoms with Gasteiger partial charge in [-0.3, -0.25) is 0 Å². The molecule has 0 saturated carbocycles. The van der Waals surface area contributed by atoms with Crippen LogP contribution in [-0.2, 0) is 13.5 Å². The van der Waals surface area contributed by atoms with Gasteiger partial charge < -0.3 is 9.88 Å². The van der Waals surface area contributed by atoms with Gasteiger partial charge in [-0.2, -0.15) is 0 Å². The molecule has 1 aliphatic rings. The highest BCUT2D eigenvalue weighted by Gasteiger charge is 2.23. The first-order chi connectivity index (χ1) is 9.61. The Balaban J connectivity index is 0.00000161. The van der Waals surface area contributed by atoms with Crippen molar-refractivity contribution < 1.29 is 1.43 Å². The van der Waals surface area contributed by atoms with Crippen LogP contribution in [0.2, 0.25) is 0 Å². The van der Waals surface area contributed by atoms with Gasteiger partial charge >= 0.3 is 0 Å². The average Bonchev–Trinajstić information content (AvgIpc) is 2.80. The molecule has 1 unspecified atom stereocenters. The fourth-order valence-electron chi connectivity index (χ4n) is 2.81. The van der Waals surface area contributed by atoms with E-state index in [4.69, 9.17) is 0 Å². The summed E-state index contributed by atoms with van der Waals surface area (Å²) in [7, 11) is 2.04. The molecule has 1 N–H and O–H groups in total. The first kappa shape index (κ1) is 13.0. The number of nitrogens with one attached hydrogen (secondary N) is 1. The Morgan fingerprint density at radius 1 is 1.40 bits per heavy atom. The van der Waals surface area contributed by atoms with E-state index in [-0.39, 0.29) is 6.97 Å². The van der Waals surface area contributed by atoms with Gasteiger partial charge in [0.1, 0.15) is 0 Å². The molecule has 0 bridgehead atoms. The van der Waals surface area contributed by atoms with Crippen molar-refractivity contribution in [1.29, 1.82) is 0 Å². The van der Waals surface area contributed by atoms with E-state index in [1.54, 1.807) is 0 Å². The zero-order chi connectivity index (χ0) is 14.2. The molecule has 3 heteroatoms. The average molecular weight is 269 g/mol. The molecular formula is C17H23N3. The van der Waals surface area contributed by atoms with Crippen LogP contribution in [0.3, 0.4) is 0 Å². The molecule has 3 rings (SSSR count). The molecule has 2 aromatic rings. The topological polar surface area (TPSA) is 29.9 Å². The molecule has 0 fully saturated rings. The molecule has 0 aliphatic heterocycles. The maximum Gasteiger partial charge on any atom is 0.0955 e. The molecule has 0 amide bonds. The summed E-state index contributed by atoms with van der Waals surface area (Å²) in [6, 6.07) is 8.54. The molecule has 106 valence electrons. The second-order valence-corrected chi connectivity index (χ2v) is 5.73. The fraction of sp³-hybridized carbons (Fsp3) is 0.353. The summed E-state index contributed by atoms with van der Waals surface area (Å²) in [4.78, 5) is 4.41. The lowest BCUT2D eigenvalue weighted by Crippen LogP contribution is -2.43. The maximum atomic E-state index is 4.41. The molecular weight excluding hydrogens is 246 g/mol. The highest BCUT2D eigenvalue weighted by atomic mass is 15.0. The number of anilines is 1. The molecule has 0 radical (unpaired) electrons. The van der Waals surface area contributed by atoms with Crippen molar-refractivity contribution in [1.82, 2.24) is 9.55 Å². The number of para-hydroxylation sites is 1. The lowest BCUT2D eigenvalue weighted by Gasteiger charge is -2.30. The van der Waals surface area contributed by atoms with Crippen LogP contribution >= 0.6 is 0 Å². The number of hydrogen-bond acceptors (Lipinski definition) is 2. The highest BCUT2D eigenvalue weighted by Crippen LogP contribution is 2.24. The van der Waals surface area contributed by atoms with Crippen LogP contribution in [0, 0.1) is 0 Å². The van der Waals surface area contributed by atoms with Crippen molar-refractivity contribution in [2.75, 3.05) is 5.32 Å². The third-order valence-electron chi connectivity index (χ3n) is 4.01. The van der Waals surface area contributed by atoms with Crippen LogP contribution in [-0.4, -0.2) is 15.1 Å². The van der Waals surface area contributed by atoms with Crippen LogP contribution < -0.4 is 16.0 Å². The smallest absolute Gasteiger partial charge is 0.0955 e. The van der Waals surface area contributed by atoms with Crippen molar-refractivity contribution in [3.05, 3.63) is 46.9 Å². The zero-order valence-electron chi connectivity index (χ0n) is 12.4. The van der Waals surface area contributed by atoms with Gasteiger partial charge in [-0.15, -0.1) is 0 Å². The summed E-state index contributed by atoms with van der Waals surface area (Å²) in [6.45, 7) is 4.44. The summed E-state index contributed by atoms with van der Waals surface area (Å²) in [6.07, 6.45) is 8.39. The van der Waals surface area contributed by atoms with Crippen molar-refractivity contribution in [3.63, 3.8) is 0 Å². The first-order valence-electron chi connectivity index (χ1n) is 7.18. The highest BCUT2D eigenvalue weighted by molar-refractivity contribution is 5.60. The summed E-state index contributed by atoms with van der Waals surface area (Å²) in [5.74, 6) is 0. The monoisotopic (exact) mass is 269 g/mol. The molecule has 1 aromatic heterocycles. The van der Waals surface area contributed by atoms with Gasteiger partial charge in [0.05, 0.1) is 22.6 Å². The second-order valence-electron chi connectivity index (χ2n) is 5.73. The fourth-order valence-corrected chi connectivity index (χ4v) is 2.81. The Labute approximate surface area is 121 Å². The van der Waals surface area contributed by atoms with E-state index in [2.05, 4.69) is 65.1 Å². The molecule has 1 aromatic carbocycles. The lowest BCUT2D eigenvalue weighted by molar-refractivity contribution is 0.683. The Morgan fingerprint density at radius 2 is 2.20 bits per heavy atom. The molecule has 1 atom stereocenters. The predicted octanol–water partition coefficient (Wildman–Crippen LogP) is 2.06. The van der Waals surface area contributed by atoms with Crippen molar-refractivity contribution >= 4 is 17.8 Å². The molecule has 0 spiro atoms. The van der Waals surface area contributed by atoms with Crippen LogP contribution in [0.4, 0.5) is 5.69 Å². The summed E-state index contributed by atoms with van der Waals surface area (Å²) >= 11 is 0. The van der Waals surface area contributed by atoms with E-state index in [0.717, 1.165) is 18.2 Å². The third kappa shape index (κ3) is 2.24. The largest absolute Gasteiger partial charge is 0.376 e. The molecule has 0 saturated heterocycles. The Kier molecular flexibility index (Phi) is 3.13. The number of fused-ring (bicyclic) bond motifs is 1. The molecule has 20 heavy (non-hydrogen) atoms. The Hall–Kier alpha value is -2.03. The van der Waals surface area contributed by atoms with Crippen LogP contribution in [0.15, 0.2) is 30.6 Å². The minimum absolute atomic E-state index is 0. The van der Waals surface area contributed by atoms with Gasteiger partial charge in [0.15, 0.2) is 0 Å². The normalized spacial score (nSPS) is 20.8. The van der Waals surface area contributed by atoms with E-state index in [9.17, 15) is 0 Å². The lowest BCUT2D eigenvalue weighted by atomic mass is 9.92. The van der Waals surface area contributed by atoms with Gasteiger partial charge in [0.25, 0.3) is 0 Å². The van der Waals surface area contributed by atoms with Crippen LogP contribution in [0.5, 0.6) is 0 Å². The number of hydrogen-bond donors (Lipinski definition) is 1. The molecule has 1 aliphatic carbocycles. The van der Waals surface area contributed by atoms with Crippen molar-refractivity contribution in [2.45, 2.75) is 32.2 Å². The van der Waals surface area contributed by atoms with E-state index in [1.165, 1.54) is 16.6 Å². The summed E-state index contributed by atoms with van der Waals surface area (Å²) < 4.78 is 2.08. The Morgan fingerprint density at radius 3 is 3.00 bits per heavy atom. The van der Waals surface area contributed by atoms with Crippen LogP contribution in [0.25, 0.3) is 12.2 Å². The number of imidazole rings is 1. The van der Waals surface area contributed by atoms with E-state index in [1.807, 2.05) is 13.4 Å². The van der Waals surface area contributed by atoms with Gasteiger partial charge in [-0.05, 0) is 37.5 Å². The zero-order valence-corrected chi connectivity index (χ0v) is 12.4. The van der Waals surface area contributed by atoms with Gasteiger partial charge in [-0.1, -0.05) is 31.2 Å². The minimum Gasteiger partial charge on any atom is -0.376 e. The molecule has 3 nitrogen and oxygen atoms in total. The maximum absolute atomic E-state index is 4.41. The quantitative estimate of drug-likeness (QED) is 0.924. The number of benzene rings is 1. The number of aromatic nitrogens is 2. The van der Waals surface area contributed by atoms with Gasteiger partial charge in [-0.25, -0.2) is 4.98 Å². The third-order valence-corrected chi connectivity index (χ3v) is 4.01. The van der Waals surface area contributed by atoms with E-state index in [0.29, 0.717) is 0 Å². The predicted molar refractivity (Wildman–Crippen MR) is 86.0 cm³/mol. The van der Waals surface area contributed by atoms with Crippen molar-refractivity contribution in [2.24, 2.45) is 7.05 Å². The SMILES string of the molecule is CCc1ccccc1NC1(C)C=c2c(ncn2C)=CC1.[HH]. The molecule has 1 heterocycles. The Bertz CT molecular complexity index is 748. The number of nitrogens with zero attached hydrogens (tertiary/aromatic N) is 2. The number of rotatable bonds is 3. The van der Waals surface area contributed by atoms with Gasteiger partial charge in [0, 0.05) is 14.2 Å². The summed E-state index contributed by atoms with van der Waals surface area (Å²) in [5, 5.41) is 5.99. The van der Waals surface area contributed by atoms with Crippen LogP contribution in [0.1, 0.15) is 27.3 Å². The minimum atomic E-state index is -0.0634. The standard InChI is InChI=1S/C17H21N3.H2/c1-4-13-7-5-6-8-14(13)19-17(2)10-9-15-16(11-17)20(3)12-18-15;/h5-9,11-12,19H,4,10H2,1-3H3;1H. The number of aryl methyl sites for hydroxylation is 2. The van der Waals surface area contributed by atoms with Crippen molar-refractivity contribution in [3.8, 4) is 0 Å². The van der Waals surface area contributed by atoms with Gasteiger partial charge in [0.2, 0.25) is 0 Å². The first-order valence-corrected chi connectivity index (χ1v) is 7.18. The van der Waals surface area contributed by atoms with E-state index >= 15 is 0 Å². The van der Waals surface area contributed by atoms with E-state index < -0.39 is 0 Å². The summed E-state index contributed by atoms with van der Waals surface area (Å²) in [5.41, 5.74) is 2.53.